The molecule has 1 aromatic rings. The van der Waals surface area contributed by atoms with E-state index in [0.717, 1.165) is 0 Å². The molecule has 0 aliphatic rings. The first-order valence-corrected chi connectivity index (χ1v) is 6.18. The largest absolute Gasteiger partial charge is 0.507 e. The van der Waals surface area contributed by atoms with Gasteiger partial charge in [0.2, 0.25) is 0 Å². The fraction of sp³-hybridized carbons (Fsp3) is 0.500. The van der Waals surface area contributed by atoms with E-state index in [1.165, 1.54) is 12.1 Å². The number of ether oxygens (including phenoxy) is 1. The fourth-order valence-corrected chi connectivity index (χ4v) is 1.38. The zero-order valence-corrected chi connectivity index (χ0v) is 11.5. The van der Waals surface area contributed by atoms with E-state index < -0.39 is 12.1 Å². The Morgan fingerprint density at radius 2 is 2.00 bits per heavy atom. The SMILES string of the molecule is CC(C)(C)NCC(O)COC(=O)c1ccccc1O. The maximum absolute atomic E-state index is 11.7. The highest BCUT2D eigenvalue weighted by atomic mass is 16.5. The van der Waals surface area contributed by atoms with Crippen LogP contribution in [0.1, 0.15) is 31.1 Å². The number of β-amino-alcohol motifs (C(OH)–C–C–N with tert-alkyl or cyclic N) is 1. The standard InChI is InChI=1S/C14H21NO4/c1-14(2,3)15-8-10(16)9-19-13(18)11-6-4-5-7-12(11)17/h4-7,10,15-17H,8-9H2,1-3H3. The highest BCUT2D eigenvalue weighted by Crippen LogP contribution is 2.16. The van der Waals surface area contributed by atoms with Crippen LogP contribution in [-0.2, 0) is 4.74 Å². The molecular weight excluding hydrogens is 246 g/mol. The van der Waals surface area contributed by atoms with Gasteiger partial charge in [-0.2, -0.15) is 0 Å². The van der Waals surface area contributed by atoms with Crippen LogP contribution in [0, 0.1) is 0 Å². The number of rotatable bonds is 5. The summed E-state index contributed by atoms with van der Waals surface area (Å²) in [5, 5.41) is 22.3. The van der Waals surface area contributed by atoms with E-state index in [1.54, 1.807) is 12.1 Å². The minimum atomic E-state index is -0.783. The lowest BCUT2D eigenvalue weighted by Gasteiger charge is -2.22. The van der Waals surface area contributed by atoms with Gasteiger partial charge in [-0.15, -0.1) is 0 Å². The first-order valence-electron chi connectivity index (χ1n) is 6.18. The minimum Gasteiger partial charge on any atom is -0.507 e. The molecule has 0 radical (unpaired) electrons. The van der Waals surface area contributed by atoms with E-state index in [0.29, 0.717) is 6.54 Å². The van der Waals surface area contributed by atoms with Crippen molar-refractivity contribution < 1.29 is 19.7 Å². The highest BCUT2D eigenvalue weighted by molar-refractivity contribution is 5.92. The number of phenols is 1. The van der Waals surface area contributed by atoms with Crippen molar-refractivity contribution in [1.29, 1.82) is 0 Å². The second-order valence-electron chi connectivity index (χ2n) is 5.40. The number of hydrogen-bond donors (Lipinski definition) is 3. The van der Waals surface area contributed by atoms with E-state index in [4.69, 9.17) is 4.74 Å². The third-order valence-electron chi connectivity index (χ3n) is 2.40. The number of carbonyl (C=O) groups excluding carboxylic acids is 1. The number of phenolic OH excluding ortho intramolecular Hbond substituents is 1. The van der Waals surface area contributed by atoms with Crippen LogP contribution in [0.5, 0.6) is 5.75 Å². The number of esters is 1. The van der Waals surface area contributed by atoms with Gasteiger partial charge in [-0.05, 0) is 32.9 Å². The first kappa shape index (κ1) is 15.5. The van der Waals surface area contributed by atoms with Crippen molar-refractivity contribution in [2.24, 2.45) is 0 Å². The van der Waals surface area contributed by atoms with E-state index in [1.807, 2.05) is 20.8 Å². The van der Waals surface area contributed by atoms with Gasteiger partial charge < -0.3 is 20.3 Å². The normalized spacial score (nSPS) is 13.1. The van der Waals surface area contributed by atoms with E-state index in [-0.39, 0.29) is 23.5 Å². The van der Waals surface area contributed by atoms with E-state index in [9.17, 15) is 15.0 Å². The number of carbonyl (C=O) groups is 1. The lowest BCUT2D eigenvalue weighted by Crippen LogP contribution is -2.42. The van der Waals surface area contributed by atoms with Gasteiger partial charge in [-0.3, -0.25) is 0 Å². The zero-order chi connectivity index (χ0) is 14.5. The Hall–Kier alpha value is -1.59. The lowest BCUT2D eigenvalue weighted by molar-refractivity contribution is 0.0245. The molecule has 5 nitrogen and oxygen atoms in total. The van der Waals surface area contributed by atoms with Crippen LogP contribution in [-0.4, -0.2) is 41.0 Å². The summed E-state index contributed by atoms with van der Waals surface area (Å²) in [4.78, 5) is 11.7. The molecule has 1 rings (SSSR count). The monoisotopic (exact) mass is 267 g/mol. The Labute approximate surface area is 113 Å². The van der Waals surface area contributed by atoms with Gasteiger partial charge >= 0.3 is 5.97 Å². The first-order chi connectivity index (χ1) is 8.79. The molecule has 1 atom stereocenters. The van der Waals surface area contributed by atoms with Crippen molar-refractivity contribution in [3.63, 3.8) is 0 Å². The molecule has 106 valence electrons. The van der Waals surface area contributed by atoms with Crippen molar-refractivity contribution in [3.05, 3.63) is 29.8 Å². The third-order valence-corrected chi connectivity index (χ3v) is 2.40. The molecular formula is C14H21NO4. The van der Waals surface area contributed by atoms with Crippen LogP contribution < -0.4 is 5.32 Å². The molecule has 3 N–H and O–H groups in total. The molecule has 0 bridgehead atoms. The molecule has 0 heterocycles. The van der Waals surface area contributed by atoms with Crippen molar-refractivity contribution >= 4 is 5.97 Å². The minimum absolute atomic E-state index is 0.0958. The second-order valence-corrected chi connectivity index (χ2v) is 5.40. The molecule has 0 spiro atoms. The van der Waals surface area contributed by atoms with Gasteiger partial charge in [-0.25, -0.2) is 4.79 Å². The summed E-state index contributed by atoms with van der Waals surface area (Å²) >= 11 is 0. The highest BCUT2D eigenvalue weighted by Gasteiger charge is 2.16. The number of aromatic hydroxyl groups is 1. The maximum Gasteiger partial charge on any atom is 0.342 e. The molecule has 1 unspecified atom stereocenters. The van der Waals surface area contributed by atoms with Crippen molar-refractivity contribution in [3.8, 4) is 5.75 Å². The molecule has 5 heteroatoms. The molecule has 0 aliphatic heterocycles. The summed E-state index contributed by atoms with van der Waals surface area (Å²) in [7, 11) is 0. The Morgan fingerprint density at radius 1 is 1.37 bits per heavy atom. The quantitative estimate of drug-likeness (QED) is 0.701. The van der Waals surface area contributed by atoms with Crippen LogP contribution >= 0.6 is 0 Å². The van der Waals surface area contributed by atoms with Gasteiger partial charge in [0.15, 0.2) is 0 Å². The van der Waals surface area contributed by atoms with Crippen LogP contribution in [0.4, 0.5) is 0 Å². The molecule has 19 heavy (non-hydrogen) atoms. The lowest BCUT2D eigenvalue weighted by atomic mass is 10.1. The summed E-state index contributed by atoms with van der Waals surface area (Å²) in [5.41, 5.74) is -0.0126. The predicted molar refractivity (Wildman–Crippen MR) is 72.2 cm³/mol. The Bertz CT molecular complexity index is 426. The Morgan fingerprint density at radius 3 is 2.58 bits per heavy atom. The fourth-order valence-electron chi connectivity index (χ4n) is 1.38. The van der Waals surface area contributed by atoms with Crippen molar-refractivity contribution in [1.82, 2.24) is 5.32 Å². The van der Waals surface area contributed by atoms with Gasteiger partial charge in [0.05, 0.1) is 0 Å². The molecule has 0 amide bonds. The van der Waals surface area contributed by atoms with Crippen molar-refractivity contribution in [2.45, 2.75) is 32.4 Å². The molecule has 0 fully saturated rings. The smallest absolute Gasteiger partial charge is 0.342 e. The van der Waals surface area contributed by atoms with Crippen LogP contribution in [0.3, 0.4) is 0 Å². The van der Waals surface area contributed by atoms with Crippen molar-refractivity contribution in [2.75, 3.05) is 13.2 Å². The van der Waals surface area contributed by atoms with Crippen LogP contribution in [0.25, 0.3) is 0 Å². The Kier molecular flexibility index (Phi) is 5.32. The second kappa shape index (κ2) is 6.54. The van der Waals surface area contributed by atoms with Crippen LogP contribution in [0.2, 0.25) is 0 Å². The number of benzene rings is 1. The maximum atomic E-state index is 11.7. The number of para-hydroxylation sites is 1. The number of nitrogens with one attached hydrogen (secondary N) is 1. The average Bonchev–Trinajstić information content (AvgIpc) is 2.33. The zero-order valence-electron chi connectivity index (χ0n) is 11.5. The predicted octanol–water partition coefficient (Wildman–Crippen LogP) is 1.30. The average molecular weight is 267 g/mol. The number of hydrogen-bond acceptors (Lipinski definition) is 5. The van der Waals surface area contributed by atoms with Gasteiger partial charge in [0.25, 0.3) is 0 Å². The van der Waals surface area contributed by atoms with Gasteiger partial charge in [0, 0.05) is 12.1 Å². The number of aliphatic hydroxyl groups is 1. The van der Waals surface area contributed by atoms with Gasteiger partial charge in [-0.1, -0.05) is 12.1 Å². The Balaban J connectivity index is 2.41. The summed E-state index contributed by atoms with van der Waals surface area (Å²) in [5.74, 6) is -0.775. The van der Waals surface area contributed by atoms with Gasteiger partial charge in [0.1, 0.15) is 24.0 Å². The third kappa shape index (κ3) is 5.72. The molecule has 0 saturated heterocycles. The van der Waals surface area contributed by atoms with E-state index in [2.05, 4.69) is 5.32 Å². The summed E-state index contributed by atoms with van der Waals surface area (Å²) in [6.07, 6.45) is -0.783. The molecule has 0 saturated carbocycles. The summed E-state index contributed by atoms with van der Waals surface area (Å²) in [6, 6.07) is 6.13. The molecule has 0 aliphatic carbocycles. The topological polar surface area (TPSA) is 78.8 Å². The molecule has 1 aromatic carbocycles. The summed E-state index contributed by atoms with van der Waals surface area (Å²) in [6.45, 7) is 6.16. The summed E-state index contributed by atoms with van der Waals surface area (Å²) < 4.78 is 4.95. The number of aliphatic hydroxyl groups excluding tert-OH is 1. The molecule has 0 aromatic heterocycles. The van der Waals surface area contributed by atoms with Crippen LogP contribution in [0.15, 0.2) is 24.3 Å². The van der Waals surface area contributed by atoms with E-state index >= 15 is 0 Å².